The Labute approximate surface area is 130 Å². The Morgan fingerprint density at radius 2 is 2.14 bits per heavy atom. The first-order chi connectivity index (χ1) is 10.5. The van der Waals surface area contributed by atoms with E-state index < -0.39 is 0 Å². The van der Waals surface area contributed by atoms with Crippen molar-refractivity contribution in [3.05, 3.63) is 46.2 Å². The lowest BCUT2D eigenvalue weighted by molar-refractivity contribution is 0.0949. The van der Waals surface area contributed by atoms with Crippen molar-refractivity contribution in [2.24, 2.45) is 0 Å². The Morgan fingerprint density at radius 1 is 1.32 bits per heavy atom. The number of anilines is 1. The van der Waals surface area contributed by atoms with Crippen LogP contribution in [0.4, 0.5) is 5.88 Å². The van der Waals surface area contributed by atoms with Gasteiger partial charge in [-0.1, -0.05) is 5.16 Å². The summed E-state index contributed by atoms with van der Waals surface area (Å²) in [6.45, 7) is 4.11. The van der Waals surface area contributed by atoms with Crippen LogP contribution in [-0.2, 0) is 6.54 Å². The number of thiophene rings is 1. The monoisotopic (exact) mass is 317 g/mol. The van der Waals surface area contributed by atoms with E-state index in [-0.39, 0.29) is 23.9 Å². The van der Waals surface area contributed by atoms with Crippen LogP contribution in [0.1, 0.15) is 26.8 Å². The molecule has 0 spiro atoms. The molecule has 0 bridgehead atoms. The summed E-state index contributed by atoms with van der Waals surface area (Å²) in [6.07, 6.45) is 0. The topological polar surface area (TPSA) is 94.3 Å². The minimum absolute atomic E-state index is 0.00850. The lowest BCUT2D eigenvalue weighted by Gasteiger charge is -2.03. The lowest BCUT2D eigenvalue weighted by Crippen LogP contribution is -2.23. The van der Waals surface area contributed by atoms with Gasteiger partial charge in [0.15, 0.2) is 0 Å². The number of aryl methyl sites for hydroxylation is 2. The third-order valence-corrected chi connectivity index (χ3v) is 4.15. The number of aromatic nitrogens is 1. The number of nitrogens with zero attached hydrogens (tertiary/aromatic N) is 1. The van der Waals surface area contributed by atoms with E-state index in [2.05, 4.69) is 10.5 Å². The molecule has 0 aliphatic rings. The maximum Gasteiger partial charge on any atom is 0.259 e. The summed E-state index contributed by atoms with van der Waals surface area (Å²) in [5.41, 5.74) is 6.47. The molecule has 3 heterocycles. The molecule has 0 fully saturated rings. The molecule has 6 nitrogen and oxygen atoms in total. The fraction of sp³-hybridized carbons (Fsp3) is 0.200. The second kappa shape index (κ2) is 5.69. The highest BCUT2D eigenvalue weighted by Gasteiger charge is 2.23. The van der Waals surface area contributed by atoms with Crippen molar-refractivity contribution in [3.63, 3.8) is 0 Å². The van der Waals surface area contributed by atoms with Crippen LogP contribution in [-0.4, -0.2) is 11.1 Å². The first kappa shape index (κ1) is 14.4. The summed E-state index contributed by atoms with van der Waals surface area (Å²) in [5, 5.41) is 6.67. The number of nitrogen functional groups attached to an aromatic ring is 1. The maximum absolute atomic E-state index is 12.4. The molecule has 22 heavy (non-hydrogen) atoms. The van der Waals surface area contributed by atoms with E-state index in [1.165, 1.54) is 11.3 Å². The van der Waals surface area contributed by atoms with Gasteiger partial charge in [-0.05, 0) is 38.1 Å². The van der Waals surface area contributed by atoms with Crippen molar-refractivity contribution < 1.29 is 13.7 Å². The van der Waals surface area contributed by atoms with Gasteiger partial charge in [-0.25, -0.2) is 0 Å². The van der Waals surface area contributed by atoms with Crippen LogP contribution >= 0.6 is 11.3 Å². The number of amides is 1. The molecule has 0 aliphatic carbocycles. The number of furan rings is 1. The molecule has 0 saturated carbocycles. The summed E-state index contributed by atoms with van der Waals surface area (Å²) in [7, 11) is 0. The number of rotatable bonds is 4. The van der Waals surface area contributed by atoms with Crippen molar-refractivity contribution in [1.29, 1.82) is 0 Å². The van der Waals surface area contributed by atoms with Gasteiger partial charge < -0.3 is 20.0 Å². The number of hydrogen-bond donors (Lipinski definition) is 2. The molecule has 1 amide bonds. The molecule has 0 atom stereocenters. The Kier molecular flexibility index (Phi) is 3.72. The number of carbonyl (C=O) groups excluding carboxylic acids is 1. The SMILES string of the molecule is Cc1ccc(CNC(=O)c2c(-c3ccc(C)s3)noc2N)o1. The third kappa shape index (κ3) is 2.75. The molecule has 3 aromatic heterocycles. The van der Waals surface area contributed by atoms with Crippen LogP contribution in [0.3, 0.4) is 0 Å². The number of carbonyl (C=O) groups is 1. The Morgan fingerprint density at radius 3 is 2.77 bits per heavy atom. The van der Waals surface area contributed by atoms with Crippen LogP contribution in [0.25, 0.3) is 10.6 Å². The van der Waals surface area contributed by atoms with Crippen LogP contribution in [0.2, 0.25) is 0 Å². The second-order valence-electron chi connectivity index (χ2n) is 4.88. The van der Waals surface area contributed by atoms with Gasteiger partial charge in [-0.2, -0.15) is 0 Å². The van der Waals surface area contributed by atoms with Crippen molar-refractivity contribution in [3.8, 4) is 10.6 Å². The molecule has 3 rings (SSSR count). The van der Waals surface area contributed by atoms with E-state index in [1.807, 2.05) is 38.1 Å². The van der Waals surface area contributed by atoms with E-state index in [0.717, 1.165) is 15.5 Å². The van der Waals surface area contributed by atoms with E-state index in [1.54, 1.807) is 0 Å². The van der Waals surface area contributed by atoms with Crippen LogP contribution in [0.5, 0.6) is 0 Å². The summed E-state index contributed by atoms with van der Waals surface area (Å²) in [4.78, 5) is 14.3. The zero-order chi connectivity index (χ0) is 15.7. The van der Waals surface area contributed by atoms with Crippen LogP contribution in [0.15, 0.2) is 33.2 Å². The summed E-state index contributed by atoms with van der Waals surface area (Å²) >= 11 is 1.53. The molecule has 114 valence electrons. The van der Waals surface area contributed by atoms with Gasteiger partial charge in [0.25, 0.3) is 5.91 Å². The molecule has 3 N–H and O–H groups in total. The quantitative estimate of drug-likeness (QED) is 0.771. The predicted molar refractivity (Wildman–Crippen MR) is 83.6 cm³/mol. The van der Waals surface area contributed by atoms with Crippen molar-refractivity contribution in [2.75, 3.05) is 5.73 Å². The smallest absolute Gasteiger partial charge is 0.259 e. The number of nitrogens with two attached hydrogens (primary N) is 1. The summed E-state index contributed by atoms with van der Waals surface area (Å²) in [6, 6.07) is 7.51. The normalized spacial score (nSPS) is 10.8. The molecular weight excluding hydrogens is 302 g/mol. The Hall–Kier alpha value is -2.54. The minimum Gasteiger partial charge on any atom is -0.465 e. The van der Waals surface area contributed by atoms with Crippen LogP contribution < -0.4 is 11.1 Å². The van der Waals surface area contributed by atoms with Gasteiger partial charge in [0, 0.05) is 4.88 Å². The zero-order valence-corrected chi connectivity index (χ0v) is 13.0. The third-order valence-electron chi connectivity index (χ3n) is 3.14. The molecule has 0 aliphatic heterocycles. The first-order valence-corrected chi connectivity index (χ1v) is 7.51. The van der Waals surface area contributed by atoms with E-state index in [9.17, 15) is 4.79 Å². The van der Waals surface area contributed by atoms with Gasteiger partial charge >= 0.3 is 0 Å². The Bertz CT molecular complexity index is 816. The maximum atomic E-state index is 12.4. The zero-order valence-electron chi connectivity index (χ0n) is 12.2. The van der Waals surface area contributed by atoms with E-state index in [4.69, 9.17) is 14.7 Å². The molecule has 0 radical (unpaired) electrons. The number of hydrogen-bond acceptors (Lipinski definition) is 6. The molecule has 3 aromatic rings. The van der Waals surface area contributed by atoms with Gasteiger partial charge in [0.1, 0.15) is 22.8 Å². The molecule has 0 saturated heterocycles. The van der Waals surface area contributed by atoms with Gasteiger partial charge in [-0.3, -0.25) is 4.79 Å². The highest BCUT2D eigenvalue weighted by molar-refractivity contribution is 7.15. The summed E-state index contributed by atoms with van der Waals surface area (Å²) in [5.74, 6) is 1.14. The summed E-state index contributed by atoms with van der Waals surface area (Å²) < 4.78 is 10.4. The molecule has 7 heteroatoms. The van der Waals surface area contributed by atoms with Gasteiger partial charge in [-0.15, -0.1) is 11.3 Å². The predicted octanol–water partition coefficient (Wildman–Crippen LogP) is 3.13. The lowest BCUT2D eigenvalue weighted by atomic mass is 10.2. The fourth-order valence-corrected chi connectivity index (χ4v) is 2.94. The van der Waals surface area contributed by atoms with Gasteiger partial charge in [0.05, 0.1) is 11.4 Å². The highest BCUT2D eigenvalue weighted by Crippen LogP contribution is 2.32. The number of nitrogens with one attached hydrogen (secondary N) is 1. The molecule has 0 aromatic carbocycles. The standard InChI is InChI=1S/C15H15N3O3S/c1-8-3-5-10(20-8)7-17-15(19)12-13(18-21-14(12)16)11-6-4-9(2)22-11/h3-6H,7,16H2,1-2H3,(H,17,19). The van der Waals surface area contributed by atoms with Crippen molar-refractivity contribution in [1.82, 2.24) is 10.5 Å². The Balaban J connectivity index is 1.81. The van der Waals surface area contributed by atoms with Gasteiger partial charge in [0.2, 0.25) is 5.88 Å². The highest BCUT2D eigenvalue weighted by atomic mass is 32.1. The molecular formula is C15H15N3O3S. The minimum atomic E-state index is -0.339. The first-order valence-electron chi connectivity index (χ1n) is 6.70. The van der Waals surface area contributed by atoms with E-state index >= 15 is 0 Å². The largest absolute Gasteiger partial charge is 0.465 e. The van der Waals surface area contributed by atoms with E-state index in [0.29, 0.717) is 11.5 Å². The average molecular weight is 317 g/mol. The average Bonchev–Trinajstić information content (AvgIpc) is 3.17. The van der Waals surface area contributed by atoms with Crippen molar-refractivity contribution in [2.45, 2.75) is 20.4 Å². The van der Waals surface area contributed by atoms with Crippen LogP contribution in [0, 0.1) is 13.8 Å². The molecule has 0 unspecified atom stereocenters. The van der Waals surface area contributed by atoms with Crippen molar-refractivity contribution >= 4 is 23.1 Å². The fourth-order valence-electron chi connectivity index (χ4n) is 2.09. The second-order valence-corrected chi connectivity index (χ2v) is 6.16.